The first-order valence-corrected chi connectivity index (χ1v) is 12.3. The van der Waals surface area contributed by atoms with Crippen LogP contribution in [-0.4, -0.2) is 38.3 Å². The number of benzene rings is 4. The van der Waals surface area contributed by atoms with E-state index in [0.29, 0.717) is 22.1 Å². The van der Waals surface area contributed by atoms with Crippen molar-refractivity contribution in [2.45, 2.75) is 4.90 Å². The topological polar surface area (TPSA) is 186 Å². The molecule has 194 valence electrons. The highest BCUT2D eigenvalue weighted by molar-refractivity contribution is 7.86. The summed E-state index contributed by atoms with van der Waals surface area (Å²) in [5.74, 6) is -0.650. The number of carbonyl (C=O) groups is 1. The highest BCUT2D eigenvalue weighted by atomic mass is 32.2. The zero-order valence-electron chi connectivity index (χ0n) is 20.1. The second-order valence-corrected chi connectivity index (χ2v) is 9.24. The van der Waals surface area contributed by atoms with Crippen molar-refractivity contribution in [1.29, 1.82) is 0 Å². The lowest BCUT2D eigenvalue weighted by Crippen LogP contribution is -1.98. The van der Waals surface area contributed by atoms with Gasteiger partial charge in [0.15, 0.2) is 0 Å². The van der Waals surface area contributed by atoms with Gasteiger partial charge in [-0.1, -0.05) is 12.1 Å². The van der Waals surface area contributed by atoms with Crippen LogP contribution in [0, 0.1) is 0 Å². The quantitative estimate of drug-likeness (QED) is 0.135. The molecule has 13 heteroatoms. The average Bonchev–Trinajstić information content (AvgIpc) is 2.89. The smallest absolute Gasteiger partial charge is 0.335 e. The van der Waals surface area contributed by atoms with Crippen molar-refractivity contribution >= 4 is 55.3 Å². The average molecular weight is 536 g/mol. The fourth-order valence-corrected chi connectivity index (χ4v) is 4.15. The summed E-state index contributed by atoms with van der Waals surface area (Å²) in [6.45, 7) is 0. The zero-order valence-corrected chi connectivity index (χ0v) is 20.9. The third-order valence-electron chi connectivity index (χ3n) is 5.33. The van der Waals surface area contributed by atoms with E-state index in [-0.39, 0.29) is 34.1 Å². The summed E-state index contributed by atoms with van der Waals surface area (Å²) in [6, 6.07) is 16.4. The number of methoxy groups -OCH3 is 2. The van der Waals surface area contributed by atoms with Gasteiger partial charge in [-0.15, -0.1) is 15.3 Å². The molecule has 12 nitrogen and oxygen atoms in total. The Morgan fingerprint density at radius 2 is 1.42 bits per heavy atom. The van der Waals surface area contributed by atoms with Gasteiger partial charge in [-0.2, -0.15) is 13.5 Å². The minimum Gasteiger partial charge on any atom is -0.494 e. The number of nitrogen functional groups attached to an aromatic ring is 1. The Morgan fingerprint density at radius 3 is 2.03 bits per heavy atom. The lowest BCUT2D eigenvalue weighted by Gasteiger charge is -2.10. The van der Waals surface area contributed by atoms with Gasteiger partial charge in [-0.3, -0.25) is 4.55 Å². The Hall–Kier alpha value is -4.88. The van der Waals surface area contributed by atoms with Gasteiger partial charge in [0.2, 0.25) is 0 Å². The van der Waals surface area contributed by atoms with Crippen LogP contribution in [0.1, 0.15) is 10.4 Å². The summed E-state index contributed by atoms with van der Waals surface area (Å²) in [6.07, 6.45) is 0. The minimum absolute atomic E-state index is 0.0578. The standard InChI is InChI=1S/C25H21N5O7S/c1-36-22-13-20(23(37-2)12-19(22)28-27-18-5-3-4-15(9-18)25(31)32)29-30-21-10-16-8-17(26)7-6-14(16)11-24(21)38(33,34)35/h3-13H,26H2,1-2H3,(H,31,32)(H,33,34,35). The number of anilines is 1. The van der Waals surface area contributed by atoms with Crippen molar-refractivity contribution in [2.75, 3.05) is 20.0 Å². The number of carboxylic acid groups (broad SMARTS) is 1. The number of fused-ring (bicyclic) bond motifs is 1. The van der Waals surface area contributed by atoms with Gasteiger partial charge < -0.3 is 20.3 Å². The molecule has 0 bridgehead atoms. The third kappa shape index (κ3) is 5.74. The van der Waals surface area contributed by atoms with Crippen LogP contribution in [-0.2, 0) is 10.1 Å². The van der Waals surface area contributed by atoms with Crippen molar-refractivity contribution in [2.24, 2.45) is 20.5 Å². The molecular formula is C25H21N5O7S. The molecule has 4 aromatic carbocycles. The molecule has 4 rings (SSSR count). The molecule has 0 aliphatic rings. The predicted molar refractivity (Wildman–Crippen MR) is 139 cm³/mol. The van der Waals surface area contributed by atoms with E-state index in [2.05, 4.69) is 20.5 Å². The molecule has 0 saturated heterocycles. The van der Waals surface area contributed by atoms with E-state index >= 15 is 0 Å². The molecule has 0 heterocycles. The largest absolute Gasteiger partial charge is 0.494 e. The molecule has 0 aliphatic carbocycles. The van der Waals surface area contributed by atoms with Crippen LogP contribution in [0.5, 0.6) is 11.5 Å². The highest BCUT2D eigenvalue weighted by Crippen LogP contribution is 2.41. The molecule has 4 N–H and O–H groups in total. The number of hydrogen-bond donors (Lipinski definition) is 3. The molecule has 0 fully saturated rings. The lowest BCUT2D eigenvalue weighted by molar-refractivity contribution is 0.0697. The predicted octanol–water partition coefficient (Wildman–Crippen LogP) is 6.21. The molecule has 0 aromatic heterocycles. The number of ether oxygens (including phenoxy) is 2. The number of hydrogen-bond acceptors (Lipinski definition) is 10. The second-order valence-electron chi connectivity index (χ2n) is 7.85. The van der Waals surface area contributed by atoms with Crippen molar-refractivity contribution in [3.63, 3.8) is 0 Å². The fraction of sp³-hybridized carbons (Fsp3) is 0.0800. The van der Waals surface area contributed by atoms with Gasteiger partial charge in [0.25, 0.3) is 10.1 Å². The van der Waals surface area contributed by atoms with Gasteiger partial charge in [0.1, 0.15) is 33.5 Å². The maximum Gasteiger partial charge on any atom is 0.335 e. The molecule has 0 amide bonds. The van der Waals surface area contributed by atoms with Gasteiger partial charge in [0, 0.05) is 17.8 Å². The summed E-state index contributed by atoms with van der Waals surface area (Å²) >= 11 is 0. The van der Waals surface area contributed by atoms with Crippen LogP contribution in [0.4, 0.5) is 28.4 Å². The van der Waals surface area contributed by atoms with E-state index in [0.717, 1.165) is 0 Å². The van der Waals surface area contributed by atoms with E-state index in [4.69, 9.17) is 20.3 Å². The van der Waals surface area contributed by atoms with E-state index in [1.807, 2.05) is 0 Å². The SMILES string of the molecule is COc1cc(N=Nc2cc3cc(N)ccc3cc2S(=O)(=O)O)c(OC)cc1N=Nc1cccc(C(=O)O)c1. The van der Waals surface area contributed by atoms with Gasteiger partial charge in [0.05, 0.1) is 25.5 Å². The minimum atomic E-state index is -4.62. The maximum atomic E-state index is 12.0. The molecule has 4 aromatic rings. The molecule has 38 heavy (non-hydrogen) atoms. The van der Waals surface area contributed by atoms with Gasteiger partial charge in [-0.05, 0) is 53.2 Å². The first-order chi connectivity index (χ1) is 18.1. The van der Waals surface area contributed by atoms with Crippen LogP contribution in [0.3, 0.4) is 0 Å². The normalized spacial score (nSPS) is 11.9. The Kier molecular flexibility index (Phi) is 7.32. The Balaban J connectivity index is 1.75. The van der Waals surface area contributed by atoms with Crippen LogP contribution in [0.25, 0.3) is 10.8 Å². The lowest BCUT2D eigenvalue weighted by atomic mass is 10.1. The third-order valence-corrected chi connectivity index (χ3v) is 6.21. The first kappa shape index (κ1) is 26.2. The Bertz CT molecular complexity index is 1720. The van der Waals surface area contributed by atoms with Gasteiger partial charge in [-0.25, -0.2) is 4.79 Å². The van der Waals surface area contributed by atoms with Gasteiger partial charge >= 0.3 is 5.97 Å². The molecule has 0 radical (unpaired) electrons. The number of nitrogens with two attached hydrogens (primary N) is 1. The summed E-state index contributed by atoms with van der Waals surface area (Å²) in [5.41, 5.74) is 6.97. The van der Waals surface area contributed by atoms with Crippen LogP contribution < -0.4 is 15.2 Å². The number of azo groups is 2. The Morgan fingerprint density at radius 1 is 0.789 bits per heavy atom. The molecule has 0 atom stereocenters. The second kappa shape index (κ2) is 10.6. The summed E-state index contributed by atoms with van der Waals surface area (Å²) in [5, 5.41) is 26.7. The molecule has 0 saturated carbocycles. The molecule has 0 unspecified atom stereocenters. The molecule has 0 spiro atoms. The van der Waals surface area contributed by atoms with Crippen molar-refractivity contribution in [3.8, 4) is 11.5 Å². The number of rotatable bonds is 8. The monoisotopic (exact) mass is 535 g/mol. The van der Waals surface area contributed by atoms with E-state index in [1.54, 1.807) is 30.3 Å². The number of aromatic carboxylic acids is 1. The van der Waals surface area contributed by atoms with E-state index in [1.165, 1.54) is 50.6 Å². The number of carboxylic acids is 1. The van der Waals surface area contributed by atoms with Crippen molar-refractivity contribution in [3.05, 3.63) is 72.3 Å². The summed E-state index contributed by atoms with van der Waals surface area (Å²) < 4.78 is 44.6. The van der Waals surface area contributed by atoms with Crippen molar-refractivity contribution in [1.82, 2.24) is 0 Å². The van der Waals surface area contributed by atoms with E-state index in [9.17, 15) is 17.8 Å². The van der Waals surface area contributed by atoms with E-state index < -0.39 is 21.0 Å². The van der Waals surface area contributed by atoms with Crippen LogP contribution >= 0.6 is 0 Å². The van der Waals surface area contributed by atoms with Crippen molar-refractivity contribution < 1.29 is 32.3 Å². The number of nitrogens with zero attached hydrogens (tertiary/aromatic N) is 4. The highest BCUT2D eigenvalue weighted by Gasteiger charge is 2.18. The summed E-state index contributed by atoms with van der Waals surface area (Å²) in [7, 11) is -1.83. The zero-order chi connectivity index (χ0) is 27.4. The maximum absolute atomic E-state index is 12.0. The Labute approximate surface area is 216 Å². The first-order valence-electron chi connectivity index (χ1n) is 10.8. The van der Waals surface area contributed by atoms with Crippen LogP contribution in [0.15, 0.2) is 92.1 Å². The fourth-order valence-electron chi connectivity index (χ4n) is 3.51. The molecule has 0 aliphatic heterocycles. The summed E-state index contributed by atoms with van der Waals surface area (Å²) in [4.78, 5) is 10.8. The molecular weight excluding hydrogens is 514 g/mol. The van der Waals surface area contributed by atoms with Crippen LogP contribution in [0.2, 0.25) is 0 Å².